The van der Waals surface area contributed by atoms with E-state index in [4.69, 9.17) is 11.5 Å². The van der Waals surface area contributed by atoms with Crippen molar-refractivity contribution in [3.63, 3.8) is 0 Å². The average Bonchev–Trinajstić information content (AvgIpc) is 2.93. The van der Waals surface area contributed by atoms with Crippen LogP contribution in [0.3, 0.4) is 0 Å². The predicted molar refractivity (Wildman–Crippen MR) is 102 cm³/mol. The van der Waals surface area contributed by atoms with Crippen molar-refractivity contribution >= 4 is 45.8 Å². The zero-order valence-corrected chi connectivity index (χ0v) is 15.0. The van der Waals surface area contributed by atoms with E-state index in [2.05, 4.69) is 20.3 Å². The molecule has 0 atom stereocenters. The normalized spacial score (nSPS) is 10.6. The van der Waals surface area contributed by atoms with Crippen molar-refractivity contribution < 1.29 is 4.79 Å². The highest BCUT2D eigenvalue weighted by Gasteiger charge is 2.13. The maximum absolute atomic E-state index is 12.1. The van der Waals surface area contributed by atoms with Gasteiger partial charge in [-0.05, 0) is 6.92 Å². The highest BCUT2D eigenvalue weighted by molar-refractivity contribution is 7.99. The monoisotopic (exact) mass is 372 g/mol. The van der Waals surface area contributed by atoms with Crippen LogP contribution in [0.1, 0.15) is 4.88 Å². The van der Waals surface area contributed by atoms with Crippen LogP contribution in [0.5, 0.6) is 0 Å². The number of anilines is 3. The fourth-order valence-corrected chi connectivity index (χ4v) is 3.65. The molecule has 3 rings (SSSR count). The van der Waals surface area contributed by atoms with E-state index in [-0.39, 0.29) is 23.3 Å². The van der Waals surface area contributed by atoms with Gasteiger partial charge in [0.25, 0.3) is 0 Å². The van der Waals surface area contributed by atoms with E-state index in [1.807, 2.05) is 37.3 Å². The summed E-state index contributed by atoms with van der Waals surface area (Å²) in [6.45, 7) is 1.98. The van der Waals surface area contributed by atoms with Gasteiger partial charge in [-0.15, -0.1) is 11.3 Å². The van der Waals surface area contributed by atoms with Gasteiger partial charge < -0.3 is 16.8 Å². The van der Waals surface area contributed by atoms with Crippen molar-refractivity contribution in [3.05, 3.63) is 41.3 Å². The minimum atomic E-state index is -0.192. The molecule has 25 heavy (non-hydrogen) atoms. The molecule has 9 heteroatoms. The Morgan fingerprint density at radius 2 is 1.84 bits per heavy atom. The molecular formula is C16H16N6OS2. The standard InChI is InChI=1S/C16H16N6OS2/c1-9-14(10-5-3-2-4-6-10)22-16(25-9)21-13(23)8-24-15-19-11(17)7-12(18)20-15/h2-7H,8H2,1H3,(H,21,22,23)(H4,17,18,19,20). The number of benzene rings is 1. The van der Waals surface area contributed by atoms with Gasteiger partial charge in [0.15, 0.2) is 10.3 Å². The van der Waals surface area contributed by atoms with E-state index in [0.29, 0.717) is 10.3 Å². The number of thioether (sulfide) groups is 1. The second-order valence-electron chi connectivity index (χ2n) is 5.13. The maximum atomic E-state index is 12.1. The molecule has 5 N–H and O–H groups in total. The molecule has 1 amide bonds. The molecule has 0 aliphatic rings. The Bertz CT molecular complexity index is 877. The molecule has 0 radical (unpaired) electrons. The van der Waals surface area contributed by atoms with Gasteiger partial charge in [0.2, 0.25) is 5.91 Å². The first-order valence-electron chi connectivity index (χ1n) is 7.37. The zero-order chi connectivity index (χ0) is 17.8. The molecule has 0 saturated heterocycles. The third kappa shape index (κ3) is 4.46. The van der Waals surface area contributed by atoms with Gasteiger partial charge >= 0.3 is 0 Å². The van der Waals surface area contributed by atoms with Crippen LogP contribution < -0.4 is 16.8 Å². The number of amides is 1. The predicted octanol–water partition coefficient (Wildman–Crippen LogP) is 2.80. The van der Waals surface area contributed by atoms with Crippen LogP contribution in [0.4, 0.5) is 16.8 Å². The lowest BCUT2D eigenvalue weighted by Gasteiger charge is -2.03. The van der Waals surface area contributed by atoms with Gasteiger partial charge in [-0.1, -0.05) is 42.1 Å². The summed E-state index contributed by atoms with van der Waals surface area (Å²) < 4.78 is 0. The number of nitrogens with one attached hydrogen (secondary N) is 1. The summed E-state index contributed by atoms with van der Waals surface area (Å²) in [6, 6.07) is 11.3. The van der Waals surface area contributed by atoms with Gasteiger partial charge in [0.1, 0.15) is 11.6 Å². The first-order valence-corrected chi connectivity index (χ1v) is 9.17. The molecule has 2 aromatic heterocycles. The SMILES string of the molecule is Cc1sc(NC(=O)CSc2nc(N)cc(N)n2)nc1-c1ccccc1. The van der Waals surface area contributed by atoms with E-state index in [1.165, 1.54) is 29.2 Å². The highest BCUT2D eigenvalue weighted by atomic mass is 32.2. The Balaban J connectivity index is 1.63. The summed E-state index contributed by atoms with van der Waals surface area (Å²) >= 11 is 2.61. The van der Waals surface area contributed by atoms with E-state index >= 15 is 0 Å². The minimum Gasteiger partial charge on any atom is -0.383 e. The van der Waals surface area contributed by atoms with Crippen LogP contribution in [-0.2, 0) is 4.79 Å². The van der Waals surface area contributed by atoms with Crippen LogP contribution in [-0.4, -0.2) is 26.6 Å². The number of nitrogen functional groups attached to an aromatic ring is 2. The molecule has 1 aromatic carbocycles. The molecule has 0 aliphatic heterocycles. The third-order valence-electron chi connectivity index (χ3n) is 3.17. The van der Waals surface area contributed by atoms with Crippen molar-refractivity contribution in [2.45, 2.75) is 12.1 Å². The van der Waals surface area contributed by atoms with Crippen molar-refractivity contribution in [2.24, 2.45) is 0 Å². The number of aryl methyl sites for hydroxylation is 1. The molecule has 2 heterocycles. The summed E-state index contributed by atoms with van der Waals surface area (Å²) in [6.07, 6.45) is 0. The summed E-state index contributed by atoms with van der Waals surface area (Å²) in [5.74, 6) is 0.502. The van der Waals surface area contributed by atoms with Gasteiger partial charge in [-0.25, -0.2) is 15.0 Å². The quantitative estimate of drug-likeness (QED) is 0.465. The summed E-state index contributed by atoms with van der Waals surface area (Å²) in [4.78, 5) is 25.7. The van der Waals surface area contributed by atoms with E-state index in [1.54, 1.807) is 0 Å². The lowest BCUT2D eigenvalue weighted by Crippen LogP contribution is -2.14. The Hall–Kier alpha value is -2.65. The Morgan fingerprint density at radius 3 is 2.52 bits per heavy atom. The molecule has 0 bridgehead atoms. The molecule has 7 nitrogen and oxygen atoms in total. The number of rotatable bonds is 5. The van der Waals surface area contributed by atoms with Gasteiger partial charge in [-0.3, -0.25) is 4.79 Å². The zero-order valence-electron chi connectivity index (χ0n) is 13.4. The number of thiazole rings is 1. The van der Waals surface area contributed by atoms with Crippen LogP contribution in [0, 0.1) is 6.92 Å². The fraction of sp³-hybridized carbons (Fsp3) is 0.125. The maximum Gasteiger partial charge on any atom is 0.236 e. The molecule has 0 fully saturated rings. The summed E-state index contributed by atoms with van der Waals surface area (Å²) in [7, 11) is 0. The Kier molecular flexibility index (Phi) is 5.15. The number of carbonyl (C=O) groups is 1. The highest BCUT2D eigenvalue weighted by Crippen LogP contribution is 2.30. The van der Waals surface area contributed by atoms with Gasteiger partial charge in [-0.2, -0.15) is 0 Å². The topological polar surface area (TPSA) is 120 Å². The molecule has 0 aliphatic carbocycles. The van der Waals surface area contributed by atoms with Gasteiger partial charge in [0, 0.05) is 16.5 Å². The van der Waals surface area contributed by atoms with Crippen molar-refractivity contribution in [2.75, 3.05) is 22.5 Å². The van der Waals surface area contributed by atoms with Gasteiger partial charge in [0.05, 0.1) is 11.4 Å². The largest absolute Gasteiger partial charge is 0.383 e. The van der Waals surface area contributed by atoms with Crippen LogP contribution in [0.2, 0.25) is 0 Å². The first-order chi connectivity index (χ1) is 12.0. The fourth-order valence-electron chi connectivity index (χ4n) is 2.13. The minimum absolute atomic E-state index is 0.141. The Morgan fingerprint density at radius 1 is 1.16 bits per heavy atom. The molecule has 0 spiro atoms. The number of nitrogens with two attached hydrogens (primary N) is 2. The lowest BCUT2D eigenvalue weighted by atomic mass is 10.1. The smallest absolute Gasteiger partial charge is 0.236 e. The van der Waals surface area contributed by atoms with Crippen molar-refractivity contribution in [1.82, 2.24) is 15.0 Å². The summed E-state index contributed by atoms with van der Waals surface area (Å²) in [5.41, 5.74) is 13.1. The third-order valence-corrected chi connectivity index (χ3v) is 4.90. The van der Waals surface area contributed by atoms with E-state index in [0.717, 1.165) is 16.1 Å². The first kappa shape index (κ1) is 17.2. The molecule has 0 unspecified atom stereocenters. The number of hydrogen-bond donors (Lipinski definition) is 3. The average molecular weight is 372 g/mol. The Labute approximate surface area is 152 Å². The molecule has 3 aromatic rings. The van der Waals surface area contributed by atoms with Crippen LogP contribution in [0.15, 0.2) is 41.6 Å². The van der Waals surface area contributed by atoms with E-state index < -0.39 is 0 Å². The number of carbonyl (C=O) groups excluding carboxylic acids is 1. The molecule has 128 valence electrons. The summed E-state index contributed by atoms with van der Waals surface area (Å²) in [5, 5.41) is 3.74. The van der Waals surface area contributed by atoms with Crippen molar-refractivity contribution in [1.29, 1.82) is 0 Å². The lowest BCUT2D eigenvalue weighted by molar-refractivity contribution is -0.113. The van der Waals surface area contributed by atoms with Crippen LogP contribution in [0.25, 0.3) is 11.3 Å². The van der Waals surface area contributed by atoms with Crippen molar-refractivity contribution in [3.8, 4) is 11.3 Å². The second-order valence-corrected chi connectivity index (χ2v) is 7.27. The molecule has 0 saturated carbocycles. The number of aromatic nitrogens is 3. The molecular weight excluding hydrogens is 356 g/mol. The number of hydrogen-bond acceptors (Lipinski definition) is 8. The van der Waals surface area contributed by atoms with E-state index in [9.17, 15) is 4.79 Å². The second kappa shape index (κ2) is 7.49. The van der Waals surface area contributed by atoms with Crippen LogP contribution >= 0.6 is 23.1 Å². The number of nitrogens with zero attached hydrogens (tertiary/aromatic N) is 3.